The number of carboxylic acid groups (broad SMARTS) is 1. The first-order chi connectivity index (χ1) is 6.02. The summed E-state index contributed by atoms with van der Waals surface area (Å²) in [6, 6.07) is -0.843. The summed E-state index contributed by atoms with van der Waals surface area (Å²) in [6.07, 6.45) is 0. The molecule has 0 fully saturated rings. The molecule has 1 aromatic rings. The van der Waals surface area contributed by atoms with E-state index in [9.17, 15) is 9.59 Å². The van der Waals surface area contributed by atoms with Crippen molar-refractivity contribution in [2.24, 2.45) is 5.73 Å². The van der Waals surface area contributed by atoms with Gasteiger partial charge in [-0.2, -0.15) is 4.79 Å². The Bertz CT molecular complexity index is 357. The van der Waals surface area contributed by atoms with E-state index in [2.05, 4.69) is 15.7 Å². The van der Waals surface area contributed by atoms with Crippen LogP contribution >= 0.6 is 0 Å². The van der Waals surface area contributed by atoms with Gasteiger partial charge in [0.1, 0.15) is 0 Å². The Morgan fingerprint density at radius 3 is 2.62 bits per heavy atom. The molecule has 0 aliphatic carbocycles. The molecule has 2 amide bonds. The average molecular weight is 185 g/mol. The van der Waals surface area contributed by atoms with Crippen LogP contribution in [0.5, 0.6) is 0 Å². The van der Waals surface area contributed by atoms with Crippen molar-refractivity contribution in [1.29, 1.82) is 0 Å². The second-order valence-corrected chi connectivity index (χ2v) is 2.22. The summed E-state index contributed by atoms with van der Waals surface area (Å²) in [7, 11) is 0. The molecule has 1 rings (SSSR count). The number of hydrogen-bond acceptors (Lipinski definition) is 4. The zero-order valence-corrected chi connectivity index (χ0v) is 6.68. The molecule has 0 aliphatic heterocycles. The Labute approximate surface area is 72.3 Å². The summed E-state index contributed by atoms with van der Waals surface area (Å²) in [5.74, 6) is -1.21. The minimum absolute atomic E-state index is 0.200. The Hall–Kier alpha value is -2.12. The number of carbonyl (C=O) groups is 2. The lowest BCUT2D eigenvalue weighted by Gasteiger charge is -2.00. The predicted octanol–water partition coefficient (Wildman–Crippen LogP) is -1.09. The third kappa shape index (κ3) is 1.72. The lowest BCUT2D eigenvalue weighted by Crippen LogP contribution is -2.30. The molecule has 0 bridgehead atoms. The van der Waals surface area contributed by atoms with Crippen molar-refractivity contribution in [3.8, 4) is 0 Å². The van der Waals surface area contributed by atoms with Gasteiger partial charge in [0.15, 0.2) is 5.69 Å². The first-order valence-corrected chi connectivity index (χ1v) is 3.24. The molecule has 4 N–H and O–H groups in total. The van der Waals surface area contributed by atoms with Crippen LogP contribution in [0, 0.1) is 6.92 Å². The number of hydrogen-bond donors (Lipinski definition) is 3. The zero-order chi connectivity index (χ0) is 10.0. The Morgan fingerprint density at radius 1 is 1.62 bits per heavy atom. The zero-order valence-electron chi connectivity index (χ0n) is 6.68. The van der Waals surface area contributed by atoms with Crippen LogP contribution in [-0.2, 0) is 0 Å². The van der Waals surface area contributed by atoms with Gasteiger partial charge in [-0.15, -0.1) is 5.10 Å². The van der Waals surface area contributed by atoms with Crippen molar-refractivity contribution in [2.75, 3.05) is 5.43 Å². The number of nitrogens with one attached hydrogen (secondary N) is 1. The van der Waals surface area contributed by atoms with Gasteiger partial charge in [0, 0.05) is 0 Å². The van der Waals surface area contributed by atoms with Crippen LogP contribution in [0.4, 0.5) is 4.79 Å². The smallest absolute Gasteiger partial charge is 0.358 e. The normalized spacial score (nSPS) is 9.62. The minimum Gasteiger partial charge on any atom is -0.476 e. The molecule has 0 saturated heterocycles. The number of amides is 2. The van der Waals surface area contributed by atoms with E-state index in [1.807, 2.05) is 0 Å². The standard InChI is InChI=1S/C5H7N5O3/c1-2-3(4(11)12)7-9-10(2)8-5(6)13/h1H3,(H,11,12)(H3,6,8,13). The van der Waals surface area contributed by atoms with E-state index in [0.717, 1.165) is 4.79 Å². The number of carbonyl (C=O) groups excluding carboxylic acids is 1. The fourth-order valence-corrected chi connectivity index (χ4v) is 0.737. The molecule has 0 spiro atoms. The first kappa shape index (κ1) is 8.97. The molecular weight excluding hydrogens is 178 g/mol. The number of rotatable bonds is 2. The number of carboxylic acids is 1. The number of aromatic nitrogens is 3. The number of urea groups is 1. The molecule has 0 saturated carbocycles. The van der Waals surface area contributed by atoms with Gasteiger partial charge >= 0.3 is 12.0 Å². The van der Waals surface area contributed by atoms with Gasteiger partial charge < -0.3 is 10.8 Å². The van der Waals surface area contributed by atoms with E-state index in [4.69, 9.17) is 10.8 Å². The Balaban J connectivity index is 2.99. The van der Waals surface area contributed by atoms with Crippen molar-refractivity contribution < 1.29 is 14.7 Å². The van der Waals surface area contributed by atoms with Crippen LogP contribution in [0.15, 0.2) is 0 Å². The molecule has 70 valence electrons. The van der Waals surface area contributed by atoms with Crippen molar-refractivity contribution in [2.45, 2.75) is 6.92 Å². The van der Waals surface area contributed by atoms with E-state index < -0.39 is 12.0 Å². The highest BCUT2D eigenvalue weighted by Crippen LogP contribution is 2.00. The Kier molecular flexibility index (Phi) is 2.13. The van der Waals surface area contributed by atoms with E-state index >= 15 is 0 Å². The average Bonchev–Trinajstić information content (AvgIpc) is 2.32. The number of primary amides is 1. The molecule has 0 radical (unpaired) electrons. The monoisotopic (exact) mass is 185 g/mol. The van der Waals surface area contributed by atoms with E-state index in [-0.39, 0.29) is 11.4 Å². The third-order valence-corrected chi connectivity index (χ3v) is 1.31. The molecule has 0 aromatic carbocycles. The summed E-state index contributed by atoms with van der Waals surface area (Å²) >= 11 is 0. The topological polar surface area (TPSA) is 123 Å². The van der Waals surface area contributed by atoms with E-state index in [1.165, 1.54) is 6.92 Å². The maximum atomic E-state index is 10.5. The molecular formula is C5H7N5O3. The number of nitrogens with two attached hydrogens (primary N) is 1. The van der Waals surface area contributed by atoms with Gasteiger partial charge in [-0.1, -0.05) is 0 Å². The van der Waals surface area contributed by atoms with Gasteiger partial charge in [0.05, 0.1) is 5.69 Å². The van der Waals surface area contributed by atoms with E-state index in [1.54, 1.807) is 0 Å². The predicted molar refractivity (Wildman–Crippen MR) is 40.7 cm³/mol. The molecule has 0 unspecified atom stereocenters. The number of nitrogens with zero attached hydrogens (tertiary/aromatic N) is 3. The lowest BCUT2D eigenvalue weighted by molar-refractivity contribution is 0.0689. The van der Waals surface area contributed by atoms with E-state index in [0.29, 0.717) is 0 Å². The fraction of sp³-hybridized carbons (Fsp3) is 0.200. The van der Waals surface area contributed by atoms with Gasteiger partial charge in [0.25, 0.3) is 0 Å². The SMILES string of the molecule is Cc1c(C(=O)O)nnn1NC(N)=O. The molecule has 0 aliphatic rings. The second-order valence-electron chi connectivity index (χ2n) is 2.22. The quantitative estimate of drug-likeness (QED) is 0.540. The van der Waals surface area contributed by atoms with Gasteiger partial charge in [-0.3, -0.25) is 0 Å². The van der Waals surface area contributed by atoms with Gasteiger partial charge in [0.2, 0.25) is 0 Å². The summed E-state index contributed by atoms with van der Waals surface area (Å²) in [5, 5.41) is 15.2. The van der Waals surface area contributed by atoms with Gasteiger partial charge in [-0.05, 0) is 12.1 Å². The van der Waals surface area contributed by atoms with Crippen molar-refractivity contribution >= 4 is 12.0 Å². The van der Waals surface area contributed by atoms with Crippen molar-refractivity contribution in [3.05, 3.63) is 11.4 Å². The molecule has 8 heteroatoms. The summed E-state index contributed by atoms with van der Waals surface area (Å²) < 4.78 is 0. The summed E-state index contributed by atoms with van der Waals surface area (Å²) in [5.41, 5.74) is 6.83. The third-order valence-electron chi connectivity index (χ3n) is 1.31. The molecule has 1 aromatic heterocycles. The molecule has 13 heavy (non-hydrogen) atoms. The second kappa shape index (κ2) is 3.09. The minimum atomic E-state index is -1.21. The maximum Gasteiger partial charge on any atom is 0.358 e. The van der Waals surface area contributed by atoms with Crippen LogP contribution in [0.3, 0.4) is 0 Å². The fourth-order valence-electron chi connectivity index (χ4n) is 0.737. The first-order valence-electron chi connectivity index (χ1n) is 3.24. The highest BCUT2D eigenvalue weighted by atomic mass is 16.4. The van der Waals surface area contributed by atoms with Crippen molar-refractivity contribution in [1.82, 2.24) is 15.1 Å². The highest BCUT2D eigenvalue weighted by Gasteiger charge is 2.15. The number of aromatic carboxylic acids is 1. The van der Waals surface area contributed by atoms with Crippen LogP contribution in [0.25, 0.3) is 0 Å². The van der Waals surface area contributed by atoms with Crippen molar-refractivity contribution in [3.63, 3.8) is 0 Å². The highest BCUT2D eigenvalue weighted by molar-refractivity contribution is 5.86. The van der Waals surface area contributed by atoms with Crippen LogP contribution in [0.2, 0.25) is 0 Å². The van der Waals surface area contributed by atoms with Gasteiger partial charge in [-0.25, -0.2) is 15.0 Å². The molecule has 0 atom stereocenters. The molecule has 8 nitrogen and oxygen atoms in total. The summed E-state index contributed by atoms with van der Waals surface area (Å²) in [6.45, 7) is 1.44. The molecule has 1 heterocycles. The van der Waals surface area contributed by atoms with Crippen LogP contribution in [-0.4, -0.2) is 32.2 Å². The lowest BCUT2D eigenvalue weighted by atomic mass is 10.3. The Morgan fingerprint density at radius 2 is 2.23 bits per heavy atom. The summed E-state index contributed by atoms with van der Waals surface area (Å²) in [4.78, 5) is 21.7. The largest absolute Gasteiger partial charge is 0.476 e. The van der Waals surface area contributed by atoms with Crippen LogP contribution < -0.4 is 11.2 Å². The maximum absolute atomic E-state index is 10.5. The van der Waals surface area contributed by atoms with Crippen LogP contribution in [0.1, 0.15) is 16.2 Å².